The fraction of sp³-hybridized carbons (Fsp3) is 0.286. The molecular formula is C7H6Cl2N2O2. The Bertz CT molecular complexity index is 359. The van der Waals surface area contributed by atoms with E-state index in [0.29, 0.717) is 0 Å². The van der Waals surface area contributed by atoms with Crippen molar-refractivity contribution in [2.45, 2.75) is 13.5 Å². The molecule has 1 aromatic rings. The third kappa shape index (κ3) is 2.29. The summed E-state index contributed by atoms with van der Waals surface area (Å²) >= 11 is 11.2. The van der Waals surface area contributed by atoms with Crippen LogP contribution in [0.25, 0.3) is 0 Å². The van der Waals surface area contributed by atoms with Gasteiger partial charge in [0.25, 0.3) is 0 Å². The molecule has 0 aromatic carbocycles. The topological polar surface area (TPSA) is 52.0 Å². The van der Waals surface area contributed by atoms with Crippen LogP contribution in [0.1, 0.15) is 6.92 Å². The number of carbonyl (C=O) groups excluding carboxylic acids is 2. The Morgan fingerprint density at radius 1 is 1.54 bits per heavy atom. The predicted molar refractivity (Wildman–Crippen MR) is 47.9 cm³/mol. The molecule has 0 spiro atoms. The zero-order valence-electron chi connectivity index (χ0n) is 6.75. The summed E-state index contributed by atoms with van der Waals surface area (Å²) in [6.07, 6.45) is 1.31. The summed E-state index contributed by atoms with van der Waals surface area (Å²) in [5, 5.41) is 0.286. The van der Waals surface area contributed by atoms with E-state index in [4.69, 9.17) is 23.2 Å². The van der Waals surface area contributed by atoms with E-state index < -0.39 is 11.6 Å². The molecule has 4 nitrogen and oxygen atoms in total. The Labute approximate surface area is 84.5 Å². The van der Waals surface area contributed by atoms with Crippen molar-refractivity contribution in [2.75, 3.05) is 0 Å². The van der Waals surface area contributed by atoms with Crippen molar-refractivity contribution in [3.63, 3.8) is 0 Å². The molecule has 0 amide bonds. The Kier molecular flexibility index (Phi) is 3.06. The van der Waals surface area contributed by atoms with Gasteiger partial charge in [-0.3, -0.25) is 9.59 Å². The van der Waals surface area contributed by atoms with E-state index in [-0.39, 0.29) is 16.9 Å². The maximum absolute atomic E-state index is 11.0. The minimum atomic E-state index is -0.532. The molecule has 1 heterocycles. The zero-order valence-corrected chi connectivity index (χ0v) is 8.26. The summed E-state index contributed by atoms with van der Waals surface area (Å²) in [5.41, 5.74) is 0. The van der Waals surface area contributed by atoms with E-state index in [2.05, 4.69) is 4.98 Å². The van der Waals surface area contributed by atoms with E-state index in [0.717, 1.165) is 0 Å². The average Bonchev–Trinajstić information content (AvgIpc) is 2.36. The van der Waals surface area contributed by atoms with Gasteiger partial charge in [0.05, 0.1) is 12.9 Å². The smallest absolute Gasteiger partial charge is 0.217 e. The lowest BCUT2D eigenvalue weighted by atomic mass is 10.3. The molecule has 1 rings (SSSR count). The van der Waals surface area contributed by atoms with Crippen LogP contribution in [-0.2, 0) is 16.1 Å². The van der Waals surface area contributed by atoms with Crippen LogP contribution in [0, 0.1) is 0 Å². The summed E-state index contributed by atoms with van der Waals surface area (Å²) in [6, 6.07) is 0. The number of rotatable bonds is 3. The van der Waals surface area contributed by atoms with Crippen LogP contribution in [0.4, 0.5) is 0 Å². The van der Waals surface area contributed by atoms with Crippen LogP contribution in [0.2, 0.25) is 10.3 Å². The third-order valence-electron chi connectivity index (χ3n) is 1.44. The number of carbonyl (C=O) groups is 2. The van der Waals surface area contributed by atoms with E-state index in [1.807, 2.05) is 0 Å². The molecule has 0 fully saturated rings. The number of Topliss-reactive ketones (excluding diaryl/α,β-unsaturated/α-hetero) is 2. The Morgan fingerprint density at radius 3 is 2.54 bits per heavy atom. The van der Waals surface area contributed by atoms with Gasteiger partial charge >= 0.3 is 0 Å². The first-order chi connectivity index (χ1) is 6.02. The van der Waals surface area contributed by atoms with Crippen molar-refractivity contribution in [3.05, 3.63) is 16.6 Å². The van der Waals surface area contributed by atoms with Gasteiger partial charge in [-0.05, 0) is 0 Å². The van der Waals surface area contributed by atoms with Crippen molar-refractivity contribution >= 4 is 34.8 Å². The number of aromatic nitrogens is 2. The first kappa shape index (κ1) is 10.2. The lowest BCUT2D eigenvalue weighted by molar-refractivity contribution is -0.135. The van der Waals surface area contributed by atoms with Gasteiger partial charge in [-0.1, -0.05) is 23.2 Å². The molecule has 0 bridgehead atoms. The predicted octanol–water partition coefficient (Wildman–Crippen LogP) is 1.35. The molecular weight excluding hydrogens is 215 g/mol. The minimum Gasteiger partial charge on any atom is -0.312 e. The molecule has 0 saturated carbocycles. The van der Waals surface area contributed by atoms with Gasteiger partial charge in [-0.25, -0.2) is 4.98 Å². The van der Waals surface area contributed by atoms with E-state index in [1.165, 1.54) is 17.8 Å². The van der Waals surface area contributed by atoms with Gasteiger partial charge in [0.1, 0.15) is 5.15 Å². The number of hydrogen-bond acceptors (Lipinski definition) is 3. The number of nitrogens with zero attached hydrogens (tertiary/aromatic N) is 2. The van der Waals surface area contributed by atoms with Gasteiger partial charge in [0.15, 0.2) is 10.9 Å². The third-order valence-corrected chi connectivity index (χ3v) is 2.21. The summed E-state index contributed by atoms with van der Waals surface area (Å²) in [6.45, 7) is 1.09. The van der Waals surface area contributed by atoms with Crippen molar-refractivity contribution in [3.8, 4) is 0 Å². The first-order valence-corrected chi connectivity index (χ1v) is 4.18. The van der Waals surface area contributed by atoms with Crippen LogP contribution in [0.3, 0.4) is 0 Å². The molecule has 0 aliphatic carbocycles. The number of hydrogen-bond donors (Lipinski definition) is 0. The van der Waals surface area contributed by atoms with Crippen LogP contribution in [0.15, 0.2) is 6.33 Å². The van der Waals surface area contributed by atoms with Crippen LogP contribution in [0.5, 0.6) is 0 Å². The van der Waals surface area contributed by atoms with E-state index in [1.54, 1.807) is 0 Å². The molecule has 0 unspecified atom stereocenters. The second-order valence-corrected chi connectivity index (χ2v) is 3.15. The van der Waals surface area contributed by atoms with Gasteiger partial charge in [-0.2, -0.15) is 0 Å². The lowest BCUT2D eigenvalue weighted by Gasteiger charge is -1.99. The SMILES string of the molecule is CC(=O)C(=O)Cn1cnc(Cl)c1Cl. The van der Waals surface area contributed by atoms with Gasteiger partial charge < -0.3 is 4.57 Å². The normalized spacial score (nSPS) is 10.1. The molecule has 13 heavy (non-hydrogen) atoms. The largest absolute Gasteiger partial charge is 0.312 e. The van der Waals surface area contributed by atoms with Gasteiger partial charge in [0, 0.05) is 6.92 Å². The Balaban J connectivity index is 2.81. The van der Waals surface area contributed by atoms with Crippen molar-refractivity contribution in [2.24, 2.45) is 0 Å². The molecule has 1 aromatic heterocycles. The Morgan fingerprint density at radius 2 is 2.15 bits per heavy atom. The highest BCUT2D eigenvalue weighted by Crippen LogP contribution is 2.19. The van der Waals surface area contributed by atoms with E-state index in [9.17, 15) is 9.59 Å². The summed E-state index contributed by atoms with van der Waals surface area (Å²) < 4.78 is 1.31. The van der Waals surface area contributed by atoms with Crippen molar-refractivity contribution < 1.29 is 9.59 Å². The van der Waals surface area contributed by atoms with Gasteiger partial charge in [-0.15, -0.1) is 0 Å². The van der Waals surface area contributed by atoms with Crippen molar-refractivity contribution in [1.82, 2.24) is 9.55 Å². The number of imidazole rings is 1. The summed E-state index contributed by atoms with van der Waals surface area (Å²) in [7, 11) is 0. The highest BCUT2D eigenvalue weighted by molar-refractivity contribution is 6.41. The highest BCUT2D eigenvalue weighted by atomic mass is 35.5. The average molecular weight is 221 g/mol. The monoisotopic (exact) mass is 220 g/mol. The number of halogens is 2. The second kappa shape index (κ2) is 3.89. The highest BCUT2D eigenvalue weighted by Gasteiger charge is 2.12. The molecule has 0 aliphatic rings. The van der Waals surface area contributed by atoms with Crippen LogP contribution >= 0.6 is 23.2 Å². The molecule has 0 saturated heterocycles. The Hall–Kier alpha value is -0.870. The maximum atomic E-state index is 11.0. The second-order valence-electron chi connectivity index (χ2n) is 2.43. The lowest BCUT2D eigenvalue weighted by Crippen LogP contribution is -2.16. The molecule has 70 valence electrons. The molecule has 0 N–H and O–H groups in total. The van der Waals surface area contributed by atoms with Crippen LogP contribution in [-0.4, -0.2) is 21.1 Å². The van der Waals surface area contributed by atoms with E-state index >= 15 is 0 Å². The number of ketones is 2. The molecule has 0 aliphatic heterocycles. The molecule has 0 atom stereocenters. The van der Waals surface area contributed by atoms with Crippen molar-refractivity contribution in [1.29, 1.82) is 0 Å². The summed E-state index contributed by atoms with van der Waals surface area (Å²) in [5.74, 6) is -1.04. The fourth-order valence-corrected chi connectivity index (χ4v) is 1.02. The standard InChI is InChI=1S/C7H6Cl2N2O2/c1-4(12)5(13)2-11-3-10-6(8)7(11)9/h3H,2H2,1H3. The fourth-order valence-electron chi connectivity index (χ4n) is 0.719. The first-order valence-electron chi connectivity index (χ1n) is 3.42. The molecule has 6 heteroatoms. The summed E-state index contributed by atoms with van der Waals surface area (Å²) in [4.78, 5) is 25.2. The van der Waals surface area contributed by atoms with Crippen LogP contribution < -0.4 is 0 Å². The minimum absolute atomic E-state index is 0.117. The maximum Gasteiger partial charge on any atom is 0.217 e. The molecule has 0 radical (unpaired) electrons. The zero-order chi connectivity index (χ0) is 10.0. The quantitative estimate of drug-likeness (QED) is 0.723. The van der Waals surface area contributed by atoms with Gasteiger partial charge in [0.2, 0.25) is 5.78 Å².